The Morgan fingerprint density at radius 3 is 2.57 bits per heavy atom. The lowest BCUT2D eigenvalue weighted by molar-refractivity contribution is 0.411. The van der Waals surface area contributed by atoms with Gasteiger partial charge in [0.2, 0.25) is 0 Å². The molecule has 4 nitrogen and oxygen atoms in total. The van der Waals surface area contributed by atoms with E-state index in [-0.39, 0.29) is 12.2 Å². The van der Waals surface area contributed by atoms with Crippen molar-refractivity contribution >= 4 is 21.6 Å². The number of nitrogens with zero attached hydrogens (tertiary/aromatic N) is 1. The van der Waals surface area contributed by atoms with Gasteiger partial charge in [-0.25, -0.2) is 0 Å². The number of aromatic hydroxyl groups is 1. The van der Waals surface area contributed by atoms with E-state index in [4.69, 9.17) is 9.73 Å². The molecule has 0 spiro atoms. The third kappa shape index (κ3) is 3.96. The zero-order chi connectivity index (χ0) is 19.5. The van der Waals surface area contributed by atoms with Crippen molar-refractivity contribution in [2.24, 2.45) is 4.99 Å². The van der Waals surface area contributed by atoms with Gasteiger partial charge in [0.05, 0.1) is 7.11 Å². The molecular weight excluding hydrogens is 416 g/mol. The number of hydrogen-bond acceptors (Lipinski definition) is 4. The van der Waals surface area contributed by atoms with Crippen LogP contribution >= 0.6 is 15.9 Å². The van der Waals surface area contributed by atoms with Gasteiger partial charge in [0.15, 0.2) is 0 Å². The first kappa shape index (κ1) is 18.7. The van der Waals surface area contributed by atoms with Gasteiger partial charge < -0.3 is 9.84 Å². The number of aliphatic imine (C=N–C) groups is 1. The van der Waals surface area contributed by atoms with Crippen molar-refractivity contribution in [3.63, 3.8) is 0 Å². The minimum absolute atomic E-state index is 0.0476. The van der Waals surface area contributed by atoms with E-state index in [1.807, 2.05) is 54.6 Å². The topological polar surface area (TPSA) is 53.8 Å². The Labute approximate surface area is 173 Å². The highest BCUT2D eigenvalue weighted by atomic mass is 79.9. The molecule has 0 saturated heterocycles. The molecule has 3 aromatic carbocycles. The molecule has 5 heteroatoms. The molecule has 1 aliphatic heterocycles. The first-order valence-corrected chi connectivity index (χ1v) is 9.94. The number of phenols is 1. The van der Waals surface area contributed by atoms with Crippen LogP contribution in [0.25, 0.3) is 0 Å². The molecule has 0 fully saturated rings. The monoisotopic (exact) mass is 436 g/mol. The number of ether oxygens (including phenoxy) is 1. The fourth-order valence-electron chi connectivity index (χ4n) is 3.48. The number of rotatable bonds is 4. The SMILES string of the molecule is COc1cccc(C2=N[C@H](c3ccc(Br)cc3)N[C@@H](c3ccccc3O)C2)c1. The molecule has 28 heavy (non-hydrogen) atoms. The first-order valence-electron chi connectivity index (χ1n) is 9.14. The third-order valence-electron chi connectivity index (χ3n) is 4.94. The average Bonchev–Trinajstić information content (AvgIpc) is 2.74. The van der Waals surface area contributed by atoms with Crippen LogP contribution in [0, 0.1) is 0 Å². The van der Waals surface area contributed by atoms with Gasteiger partial charge >= 0.3 is 0 Å². The average molecular weight is 437 g/mol. The van der Waals surface area contributed by atoms with Gasteiger partial charge in [-0.2, -0.15) is 0 Å². The first-order chi connectivity index (χ1) is 13.6. The van der Waals surface area contributed by atoms with E-state index in [1.165, 1.54) is 0 Å². The summed E-state index contributed by atoms with van der Waals surface area (Å²) in [5, 5.41) is 14.0. The molecule has 4 rings (SSSR count). The van der Waals surface area contributed by atoms with Crippen LogP contribution in [0.4, 0.5) is 0 Å². The van der Waals surface area contributed by atoms with Crippen LogP contribution in [0.2, 0.25) is 0 Å². The summed E-state index contributed by atoms with van der Waals surface area (Å²) < 4.78 is 6.41. The fourth-order valence-corrected chi connectivity index (χ4v) is 3.75. The Morgan fingerprint density at radius 1 is 1.04 bits per heavy atom. The molecule has 3 aromatic rings. The number of phenolic OH excluding ortho intramolecular Hbond substituents is 1. The molecule has 2 atom stereocenters. The molecular formula is C23H21BrN2O2. The fraction of sp³-hybridized carbons (Fsp3) is 0.174. The van der Waals surface area contributed by atoms with Crippen molar-refractivity contribution in [1.29, 1.82) is 0 Å². The Bertz CT molecular complexity index is 1000. The second kappa shape index (κ2) is 8.17. The second-order valence-corrected chi connectivity index (χ2v) is 7.66. The Kier molecular flexibility index (Phi) is 5.46. The predicted molar refractivity (Wildman–Crippen MR) is 115 cm³/mol. The van der Waals surface area contributed by atoms with E-state index in [0.29, 0.717) is 12.2 Å². The summed E-state index contributed by atoms with van der Waals surface area (Å²) in [6, 6.07) is 23.5. The van der Waals surface area contributed by atoms with Gasteiger partial charge in [0.1, 0.15) is 17.7 Å². The summed E-state index contributed by atoms with van der Waals surface area (Å²) in [5.74, 6) is 1.10. The minimum atomic E-state index is -0.201. The quantitative estimate of drug-likeness (QED) is 0.576. The zero-order valence-corrected chi connectivity index (χ0v) is 17.1. The molecule has 1 aliphatic rings. The Morgan fingerprint density at radius 2 is 1.82 bits per heavy atom. The van der Waals surface area contributed by atoms with E-state index in [1.54, 1.807) is 13.2 Å². The van der Waals surface area contributed by atoms with E-state index in [9.17, 15) is 5.11 Å². The van der Waals surface area contributed by atoms with Crippen molar-refractivity contribution in [2.75, 3.05) is 7.11 Å². The molecule has 0 aromatic heterocycles. The van der Waals surface area contributed by atoms with Gasteiger partial charge in [0, 0.05) is 28.2 Å². The molecule has 1 heterocycles. The van der Waals surface area contributed by atoms with Crippen molar-refractivity contribution in [1.82, 2.24) is 5.32 Å². The molecule has 0 bridgehead atoms. The van der Waals surface area contributed by atoms with Crippen molar-refractivity contribution < 1.29 is 9.84 Å². The van der Waals surface area contributed by atoms with Gasteiger partial charge in [0.25, 0.3) is 0 Å². The van der Waals surface area contributed by atoms with Crippen LogP contribution in [0.3, 0.4) is 0 Å². The number of para-hydroxylation sites is 1. The molecule has 0 radical (unpaired) electrons. The van der Waals surface area contributed by atoms with Crippen LogP contribution in [-0.4, -0.2) is 17.9 Å². The van der Waals surface area contributed by atoms with Gasteiger partial charge in [-0.1, -0.05) is 58.4 Å². The lowest BCUT2D eigenvalue weighted by Crippen LogP contribution is -2.33. The number of nitrogens with one attached hydrogen (secondary N) is 1. The summed E-state index contributed by atoms with van der Waals surface area (Å²) in [7, 11) is 1.67. The van der Waals surface area contributed by atoms with Crippen LogP contribution in [-0.2, 0) is 0 Å². The molecule has 0 amide bonds. The highest BCUT2D eigenvalue weighted by molar-refractivity contribution is 9.10. The van der Waals surface area contributed by atoms with Crippen molar-refractivity contribution in [3.8, 4) is 11.5 Å². The zero-order valence-electron chi connectivity index (χ0n) is 15.5. The van der Waals surface area contributed by atoms with Crippen LogP contribution in [0.1, 0.15) is 35.3 Å². The molecule has 0 unspecified atom stereocenters. The van der Waals surface area contributed by atoms with Crippen LogP contribution in [0.15, 0.2) is 82.3 Å². The van der Waals surface area contributed by atoms with Gasteiger partial charge in [-0.05, 0) is 41.5 Å². The van der Waals surface area contributed by atoms with Gasteiger partial charge in [-0.3, -0.25) is 10.3 Å². The largest absolute Gasteiger partial charge is 0.508 e. The maximum absolute atomic E-state index is 10.4. The van der Waals surface area contributed by atoms with Gasteiger partial charge in [-0.15, -0.1) is 0 Å². The summed E-state index contributed by atoms with van der Waals surface area (Å²) in [6.45, 7) is 0. The highest BCUT2D eigenvalue weighted by Gasteiger charge is 2.27. The number of hydrogen-bond donors (Lipinski definition) is 2. The van der Waals surface area contributed by atoms with Crippen LogP contribution in [0.5, 0.6) is 11.5 Å². The highest BCUT2D eigenvalue weighted by Crippen LogP contribution is 2.34. The summed E-state index contributed by atoms with van der Waals surface area (Å²) in [5.41, 5.74) is 3.96. The Balaban J connectivity index is 1.76. The molecule has 2 N–H and O–H groups in total. The summed E-state index contributed by atoms with van der Waals surface area (Å²) >= 11 is 3.49. The number of benzene rings is 3. The lowest BCUT2D eigenvalue weighted by atomic mass is 9.93. The van der Waals surface area contributed by atoms with E-state index in [0.717, 1.165) is 32.6 Å². The minimum Gasteiger partial charge on any atom is -0.508 e. The molecule has 142 valence electrons. The molecule has 0 aliphatic carbocycles. The number of halogens is 1. The summed E-state index contributed by atoms with van der Waals surface area (Å²) in [4.78, 5) is 4.99. The second-order valence-electron chi connectivity index (χ2n) is 6.74. The van der Waals surface area contributed by atoms with E-state index >= 15 is 0 Å². The van der Waals surface area contributed by atoms with Crippen molar-refractivity contribution in [2.45, 2.75) is 18.6 Å². The smallest absolute Gasteiger partial charge is 0.126 e. The maximum atomic E-state index is 10.4. The van der Waals surface area contributed by atoms with Crippen molar-refractivity contribution in [3.05, 3.63) is 94.0 Å². The predicted octanol–water partition coefficient (Wildman–Crippen LogP) is 5.39. The summed E-state index contributed by atoms with van der Waals surface area (Å²) in [6.07, 6.45) is 0.477. The number of methoxy groups -OCH3 is 1. The standard InChI is InChI=1S/C23H21BrN2O2/c1-28-18-6-4-5-16(13-18)20-14-21(19-7-2-3-8-22(19)27)26-23(25-20)15-9-11-17(24)12-10-15/h2-13,21,23,26-27H,14H2,1H3/t21-,23+/m1/s1. The lowest BCUT2D eigenvalue weighted by Gasteiger charge is -2.31. The Hall–Kier alpha value is -2.63. The molecule has 0 saturated carbocycles. The van der Waals surface area contributed by atoms with Crippen LogP contribution < -0.4 is 10.1 Å². The van der Waals surface area contributed by atoms with E-state index in [2.05, 4.69) is 33.4 Å². The van der Waals surface area contributed by atoms with E-state index < -0.39 is 0 Å². The normalized spacial score (nSPS) is 19.1. The maximum Gasteiger partial charge on any atom is 0.126 e. The third-order valence-corrected chi connectivity index (χ3v) is 5.47.